The SMILES string of the molecule is NCc1cc(-c2cnc(C3CC3)[nH]2)ccc1Br. The maximum absolute atomic E-state index is 5.71. The van der Waals surface area contributed by atoms with E-state index >= 15 is 0 Å². The molecule has 1 fully saturated rings. The highest BCUT2D eigenvalue weighted by Gasteiger charge is 2.26. The van der Waals surface area contributed by atoms with Gasteiger partial charge in [-0.15, -0.1) is 0 Å². The molecule has 1 aliphatic carbocycles. The Morgan fingerprint density at radius 2 is 2.24 bits per heavy atom. The van der Waals surface area contributed by atoms with E-state index in [4.69, 9.17) is 5.73 Å². The second kappa shape index (κ2) is 4.27. The summed E-state index contributed by atoms with van der Waals surface area (Å²) < 4.78 is 1.06. The smallest absolute Gasteiger partial charge is 0.109 e. The van der Waals surface area contributed by atoms with Crippen molar-refractivity contribution in [1.29, 1.82) is 0 Å². The van der Waals surface area contributed by atoms with Crippen molar-refractivity contribution in [1.82, 2.24) is 9.97 Å². The van der Waals surface area contributed by atoms with E-state index in [1.165, 1.54) is 12.8 Å². The minimum atomic E-state index is 0.540. The van der Waals surface area contributed by atoms with Crippen LogP contribution in [0.3, 0.4) is 0 Å². The van der Waals surface area contributed by atoms with Gasteiger partial charge in [0.05, 0.1) is 11.9 Å². The zero-order chi connectivity index (χ0) is 11.8. The molecule has 3 rings (SSSR count). The summed E-state index contributed by atoms with van der Waals surface area (Å²) in [5.41, 5.74) is 9.05. The van der Waals surface area contributed by atoms with Crippen LogP contribution >= 0.6 is 15.9 Å². The van der Waals surface area contributed by atoms with Gasteiger partial charge in [-0.05, 0) is 36.1 Å². The van der Waals surface area contributed by atoms with Crippen LogP contribution in [-0.4, -0.2) is 9.97 Å². The number of benzene rings is 1. The fourth-order valence-electron chi connectivity index (χ4n) is 1.95. The quantitative estimate of drug-likeness (QED) is 0.913. The molecule has 0 unspecified atom stereocenters. The number of aromatic amines is 1. The molecule has 0 atom stereocenters. The first-order valence-corrected chi connectivity index (χ1v) is 6.61. The molecule has 0 saturated heterocycles. The predicted octanol–water partition coefficient (Wildman–Crippen LogP) is 3.18. The highest BCUT2D eigenvalue weighted by atomic mass is 79.9. The summed E-state index contributed by atoms with van der Waals surface area (Å²) in [6.07, 6.45) is 4.44. The van der Waals surface area contributed by atoms with Crippen LogP contribution in [0.5, 0.6) is 0 Å². The third-order valence-corrected chi connectivity index (χ3v) is 3.91. The summed E-state index contributed by atoms with van der Waals surface area (Å²) in [5.74, 6) is 1.78. The summed E-state index contributed by atoms with van der Waals surface area (Å²) >= 11 is 3.50. The van der Waals surface area contributed by atoms with E-state index in [9.17, 15) is 0 Å². The van der Waals surface area contributed by atoms with Gasteiger partial charge in [-0.1, -0.05) is 22.0 Å². The Hall–Kier alpha value is -1.13. The van der Waals surface area contributed by atoms with Crippen molar-refractivity contribution in [3.63, 3.8) is 0 Å². The summed E-state index contributed by atoms with van der Waals surface area (Å²) in [6.45, 7) is 0.540. The minimum absolute atomic E-state index is 0.540. The van der Waals surface area contributed by atoms with Gasteiger partial charge in [-0.25, -0.2) is 4.98 Å². The summed E-state index contributed by atoms with van der Waals surface area (Å²) in [4.78, 5) is 7.83. The Kier molecular flexibility index (Phi) is 2.76. The molecule has 0 amide bonds. The number of nitrogens with two attached hydrogens (primary N) is 1. The molecule has 3 N–H and O–H groups in total. The molecular weight excluding hydrogens is 278 g/mol. The second-order valence-electron chi connectivity index (χ2n) is 4.47. The lowest BCUT2D eigenvalue weighted by atomic mass is 10.1. The first-order valence-electron chi connectivity index (χ1n) is 5.81. The van der Waals surface area contributed by atoms with E-state index in [1.807, 2.05) is 12.3 Å². The molecular formula is C13H14BrN3. The van der Waals surface area contributed by atoms with Gasteiger partial charge >= 0.3 is 0 Å². The van der Waals surface area contributed by atoms with E-state index in [-0.39, 0.29) is 0 Å². The van der Waals surface area contributed by atoms with Gasteiger partial charge in [-0.3, -0.25) is 0 Å². The lowest BCUT2D eigenvalue weighted by Crippen LogP contribution is -1.97. The van der Waals surface area contributed by atoms with E-state index in [2.05, 4.69) is 38.0 Å². The number of halogens is 1. The molecule has 0 radical (unpaired) electrons. The van der Waals surface area contributed by atoms with Gasteiger partial charge in [0.2, 0.25) is 0 Å². The summed E-state index contributed by atoms with van der Waals surface area (Å²) in [5, 5.41) is 0. The van der Waals surface area contributed by atoms with Gasteiger partial charge in [-0.2, -0.15) is 0 Å². The molecule has 1 aliphatic rings. The van der Waals surface area contributed by atoms with E-state index in [0.717, 1.165) is 27.1 Å². The molecule has 0 bridgehead atoms. The summed E-state index contributed by atoms with van der Waals surface area (Å²) in [6, 6.07) is 6.22. The lowest BCUT2D eigenvalue weighted by molar-refractivity contribution is 0.976. The number of aromatic nitrogens is 2. The Balaban J connectivity index is 1.96. The van der Waals surface area contributed by atoms with Gasteiger partial charge in [0.15, 0.2) is 0 Å². The second-order valence-corrected chi connectivity index (χ2v) is 5.32. The van der Waals surface area contributed by atoms with Gasteiger partial charge in [0, 0.05) is 16.9 Å². The molecule has 2 aromatic rings. The third-order valence-electron chi connectivity index (χ3n) is 3.14. The average Bonchev–Trinajstić information content (AvgIpc) is 3.08. The van der Waals surface area contributed by atoms with Crippen molar-refractivity contribution in [3.8, 4) is 11.3 Å². The molecule has 88 valence electrons. The number of imidazole rings is 1. The van der Waals surface area contributed by atoms with Crippen LogP contribution in [0.15, 0.2) is 28.9 Å². The van der Waals surface area contributed by atoms with Crippen LogP contribution in [-0.2, 0) is 6.54 Å². The molecule has 1 aromatic carbocycles. The van der Waals surface area contributed by atoms with Crippen molar-refractivity contribution >= 4 is 15.9 Å². The number of hydrogen-bond donors (Lipinski definition) is 2. The number of H-pyrrole nitrogens is 1. The standard InChI is InChI=1S/C13H14BrN3/c14-11-4-3-9(5-10(11)6-15)12-7-16-13(17-12)8-1-2-8/h3-5,7-8H,1-2,6,15H2,(H,16,17). The Bertz CT molecular complexity index is 543. The van der Waals surface area contributed by atoms with Crippen molar-refractivity contribution in [2.45, 2.75) is 25.3 Å². The molecule has 1 saturated carbocycles. The first kappa shape index (κ1) is 11.0. The van der Waals surface area contributed by atoms with Gasteiger partial charge in [0.1, 0.15) is 5.82 Å². The number of rotatable bonds is 3. The molecule has 0 aliphatic heterocycles. The molecule has 4 heteroatoms. The molecule has 3 nitrogen and oxygen atoms in total. The van der Waals surface area contributed by atoms with Crippen molar-refractivity contribution in [3.05, 3.63) is 40.3 Å². The van der Waals surface area contributed by atoms with Crippen LogP contribution in [0.25, 0.3) is 11.3 Å². The van der Waals surface area contributed by atoms with E-state index in [1.54, 1.807) is 0 Å². The Morgan fingerprint density at radius 1 is 1.41 bits per heavy atom. The van der Waals surface area contributed by atoms with Crippen molar-refractivity contribution in [2.24, 2.45) is 5.73 Å². The lowest BCUT2D eigenvalue weighted by Gasteiger charge is -2.04. The Labute approximate surface area is 109 Å². The fourth-order valence-corrected chi connectivity index (χ4v) is 2.35. The molecule has 1 aromatic heterocycles. The zero-order valence-electron chi connectivity index (χ0n) is 9.41. The summed E-state index contributed by atoms with van der Waals surface area (Å²) in [7, 11) is 0. The Morgan fingerprint density at radius 3 is 2.94 bits per heavy atom. The highest BCUT2D eigenvalue weighted by Crippen LogP contribution is 2.39. The van der Waals surface area contributed by atoms with Gasteiger partial charge < -0.3 is 10.7 Å². The zero-order valence-corrected chi connectivity index (χ0v) is 11.0. The largest absolute Gasteiger partial charge is 0.342 e. The number of nitrogens with one attached hydrogen (secondary N) is 1. The van der Waals surface area contributed by atoms with Crippen molar-refractivity contribution in [2.75, 3.05) is 0 Å². The normalized spacial score (nSPS) is 15.2. The van der Waals surface area contributed by atoms with Crippen LogP contribution in [0.4, 0.5) is 0 Å². The fraction of sp³-hybridized carbons (Fsp3) is 0.308. The number of hydrogen-bond acceptors (Lipinski definition) is 2. The number of nitrogens with zero attached hydrogens (tertiary/aromatic N) is 1. The molecule has 1 heterocycles. The van der Waals surface area contributed by atoms with Crippen molar-refractivity contribution < 1.29 is 0 Å². The predicted molar refractivity (Wildman–Crippen MR) is 71.6 cm³/mol. The molecule has 0 spiro atoms. The topological polar surface area (TPSA) is 54.7 Å². The van der Waals surface area contributed by atoms with E-state index in [0.29, 0.717) is 12.5 Å². The van der Waals surface area contributed by atoms with Crippen LogP contribution in [0.2, 0.25) is 0 Å². The maximum atomic E-state index is 5.71. The maximum Gasteiger partial charge on any atom is 0.109 e. The molecule has 17 heavy (non-hydrogen) atoms. The average molecular weight is 292 g/mol. The van der Waals surface area contributed by atoms with Crippen LogP contribution in [0, 0.1) is 0 Å². The van der Waals surface area contributed by atoms with Crippen LogP contribution in [0.1, 0.15) is 30.1 Å². The highest BCUT2D eigenvalue weighted by molar-refractivity contribution is 9.10. The third kappa shape index (κ3) is 2.15. The monoisotopic (exact) mass is 291 g/mol. The van der Waals surface area contributed by atoms with Gasteiger partial charge in [0.25, 0.3) is 0 Å². The minimum Gasteiger partial charge on any atom is -0.342 e. The van der Waals surface area contributed by atoms with E-state index < -0.39 is 0 Å². The first-order chi connectivity index (χ1) is 8.28. The van der Waals surface area contributed by atoms with Crippen LogP contribution < -0.4 is 5.73 Å².